The van der Waals surface area contributed by atoms with Crippen molar-refractivity contribution in [3.63, 3.8) is 0 Å². The number of carbonyl (C=O) groups is 2. The van der Waals surface area contributed by atoms with E-state index in [0.29, 0.717) is 31.1 Å². The molecule has 1 aliphatic carbocycles. The molecule has 312 valence electrons. The molecule has 56 heavy (non-hydrogen) atoms. The van der Waals surface area contributed by atoms with Crippen molar-refractivity contribution in [3.8, 4) is 0 Å². The number of aliphatic hydroxyl groups is 1. The van der Waals surface area contributed by atoms with Gasteiger partial charge in [0.05, 0.1) is 61.5 Å². The van der Waals surface area contributed by atoms with Crippen molar-refractivity contribution < 1.29 is 52.6 Å². The lowest BCUT2D eigenvalue weighted by atomic mass is 9.68. The fourth-order valence-corrected chi connectivity index (χ4v) is 12.2. The number of ether oxygens (including phenoxy) is 8. The van der Waals surface area contributed by atoms with Crippen LogP contribution in [0.5, 0.6) is 0 Å². The minimum atomic E-state index is -0.859. The summed E-state index contributed by atoms with van der Waals surface area (Å²) in [5.74, 6) is -0.119. The van der Waals surface area contributed by atoms with Gasteiger partial charge >= 0.3 is 0 Å². The van der Waals surface area contributed by atoms with Crippen LogP contribution in [0.3, 0.4) is 0 Å². The number of fused-ring (bicyclic) bond motifs is 6. The Hall–Kier alpha value is -1.78. The van der Waals surface area contributed by atoms with Gasteiger partial charge in [0.2, 0.25) is 5.91 Å². The van der Waals surface area contributed by atoms with Gasteiger partial charge in [-0.2, -0.15) is 0 Å². The fraction of sp³-hybridized carbons (Fsp3) is 0.860. The Kier molecular flexibility index (Phi) is 11.3. The molecule has 9 heterocycles. The molecule has 10 rings (SSSR count). The number of methoxy groups -OCH3 is 1. The summed E-state index contributed by atoms with van der Waals surface area (Å²) < 4.78 is 53.6. The Morgan fingerprint density at radius 2 is 1.68 bits per heavy atom. The van der Waals surface area contributed by atoms with Gasteiger partial charge < -0.3 is 54.1 Å². The van der Waals surface area contributed by atoms with E-state index < -0.39 is 24.1 Å². The highest BCUT2D eigenvalue weighted by atomic mass is 16.8. The number of amides is 1. The van der Waals surface area contributed by atoms with E-state index in [9.17, 15) is 14.7 Å². The monoisotopic (exact) mass is 784 g/mol. The van der Waals surface area contributed by atoms with Gasteiger partial charge in [0.25, 0.3) is 0 Å². The summed E-state index contributed by atoms with van der Waals surface area (Å²) in [5.41, 5.74) is 7.89. The Morgan fingerprint density at radius 3 is 2.50 bits per heavy atom. The normalized spacial score (nSPS) is 49.4. The molecule has 0 radical (unpaired) electrons. The molecule has 1 amide bonds. The van der Waals surface area contributed by atoms with E-state index in [2.05, 4.69) is 25.4 Å². The molecular weight excluding hydrogens is 720 g/mol. The second kappa shape index (κ2) is 16.0. The number of nitrogens with two attached hydrogens (primary N) is 1. The highest BCUT2D eigenvalue weighted by Gasteiger charge is 2.68. The average Bonchev–Trinajstić information content (AvgIpc) is 3.85. The lowest BCUT2D eigenvalue weighted by molar-refractivity contribution is -0.292. The van der Waals surface area contributed by atoms with Gasteiger partial charge in [0.15, 0.2) is 5.79 Å². The number of aliphatic hydroxyl groups excluding tert-OH is 1. The van der Waals surface area contributed by atoms with Crippen LogP contribution in [-0.2, 0) is 47.5 Å². The van der Waals surface area contributed by atoms with E-state index in [1.807, 2.05) is 0 Å². The molecule has 13 heteroatoms. The fourth-order valence-electron chi connectivity index (χ4n) is 12.2. The summed E-state index contributed by atoms with van der Waals surface area (Å²) in [6.07, 6.45) is 6.45. The largest absolute Gasteiger partial charge is 0.391 e. The number of hydrogen-bond acceptors (Lipinski definition) is 12. The Labute approximate surface area is 331 Å². The van der Waals surface area contributed by atoms with E-state index in [-0.39, 0.29) is 123 Å². The maximum Gasteiger partial charge on any atom is 0.233 e. The summed E-state index contributed by atoms with van der Waals surface area (Å²) in [7, 11) is 1.66. The molecule has 0 aromatic heterocycles. The zero-order valence-electron chi connectivity index (χ0n) is 33.2. The first-order chi connectivity index (χ1) is 27.0. The predicted octanol–water partition coefficient (Wildman–Crippen LogP) is 3.42. The molecule has 1 saturated carbocycles. The third-order valence-corrected chi connectivity index (χ3v) is 15.0. The Morgan fingerprint density at radius 1 is 0.893 bits per heavy atom. The van der Waals surface area contributed by atoms with E-state index >= 15 is 0 Å². The molecule has 1 unspecified atom stereocenters. The third-order valence-electron chi connectivity index (χ3n) is 15.0. The number of carbonyl (C=O) groups excluding carboxylic acids is 2. The van der Waals surface area contributed by atoms with Crippen molar-refractivity contribution in [3.05, 3.63) is 24.3 Å². The number of allylic oxidation sites excluding steroid dienone is 1. The molecule has 19 atom stereocenters. The summed E-state index contributed by atoms with van der Waals surface area (Å²) >= 11 is 0. The maximum absolute atomic E-state index is 14.2. The van der Waals surface area contributed by atoms with E-state index in [4.69, 9.17) is 43.6 Å². The quantitative estimate of drug-likeness (QED) is 0.337. The Balaban J connectivity index is 0.974. The molecule has 4 N–H and O–H groups in total. The SMILES string of the molecule is C=C1C[C@@H]2CC[C@@]34C[C@H]5O[C@H]6[C@@H](O3)[C@H]3O[C@H](CC[C@@H]3O[C@H]6[C@H]5O4)CC(=O)C[C@@H]3[C@@H](OC)[C@@H](C[C@H](O)CNC(=O)CN)O[C@H]3C[C@H]3C[C@@H](CCC1O2)C[C@@H](C)C3=C. The second-order valence-electron chi connectivity index (χ2n) is 18.8. The van der Waals surface area contributed by atoms with Crippen LogP contribution in [0, 0.1) is 23.7 Å². The van der Waals surface area contributed by atoms with Crippen LogP contribution < -0.4 is 11.1 Å². The minimum Gasteiger partial charge on any atom is -0.391 e. The molecule has 0 aromatic carbocycles. The lowest BCUT2D eigenvalue weighted by Gasteiger charge is -2.47. The zero-order valence-corrected chi connectivity index (χ0v) is 33.2. The van der Waals surface area contributed by atoms with Gasteiger partial charge in [-0.1, -0.05) is 25.7 Å². The Bertz CT molecular complexity index is 1510. The van der Waals surface area contributed by atoms with Crippen LogP contribution in [-0.4, -0.2) is 128 Å². The van der Waals surface area contributed by atoms with Gasteiger partial charge in [0, 0.05) is 51.7 Å². The zero-order chi connectivity index (χ0) is 38.9. The first kappa shape index (κ1) is 39.7. The van der Waals surface area contributed by atoms with Crippen molar-refractivity contribution >= 4 is 11.7 Å². The molecule has 12 bridgehead atoms. The standard InChI is InChI=1S/C43H64N2O11/c1-21-11-24-5-7-31-22(2)12-29(50-31)9-10-43-18-35-39(55-43)40-41(54-35)42(56-43)38-32(53-40)8-6-28(51-38)15-26(46)16-30-33(14-25(13-24)23(21)3)52-34(37(30)49-4)17-27(47)20-45-36(48)19-44/h21,24-25,27-35,37-42,47H,2-3,5-20,44H2,1,4H3,(H,45,48)/t21-,24+,25-,27+,28-,29+,30+,31?,32+,33+,34-,35-,37-,38+,39+,40+,41-,42+,43+/m1/s1. The van der Waals surface area contributed by atoms with E-state index in [1.165, 1.54) is 11.1 Å². The molecular formula is C43H64N2O11. The molecule has 13 nitrogen and oxygen atoms in total. The molecule has 0 aromatic rings. The van der Waals surface area contributed by atoms with E-state index in [0.717, 1.165) is 51.4 Å². The van der Waals surface area contributed by atoms with Gasteiger partial charge in [-0.15, -0.1) is 0 Å². The number of hydrogen-bond donors (Lipinski definition) is 3. The van der Waals surface area contributed by atoms with Crippen molar-refractivity contribution in [2.75, 3.05) is 20.2 Å². The predicted molar refractivity (Wildman–Crippen MR) is 202 cm³/mol. The second-order valence-corrected chi connectivity index (χ2v) is 18.8. The molecule has 9 aliphatic heterocycles. The van der Waals surface area contributed by atoms with Crippen LogP contribution in [0.1, 0.15) is 96.8 Å². The topological polar surface area (TPSA) is 166 Å². The van der Waals surface area contributed by atoms with Crippen molar-refractivity contribution in [2.45, 2.75) is 188 Å². The average molecular weight is 785 g/mol. The molecule has 1 spiro atoms. The smallest absolute Gasteiger partial charge is 0.233 e. The van der Waals surface area contributed by atoms with Crippen LogP contribution in [0.25, 0.3) is 0 Å². The van der Waals surface area contributed by atoms with Gasteiger partial charge in [0.1, 0.15) is 36.3 Å². The number of nitrogens with one attached hydrogen (secondary N) is 1. The summed E-state index contributed by atoms with van der Waals surface area (Å²) in [5, 5.41) is 13.6. The van der Waals surface area contributed by atoms with Crippen molar-refractivity contribution in [1.82, 2.24) is 5.32 Å². The minimum absolute atomic E-state index is 0.0384. The number of Topliss-reactive ketones (excluding diaryl/α,β-unsaturated/α-hetero) is 1. The van der Waals surface area contributed by atoms with Crippen molar-refractivity contribution in [2.24, 2.45) is 29.4 Å². The first-order valence-electron chi connectivity index (χ1n) is 21.7. The number of ketones is 1. The summed E-state index contributed by atoms with van der Waals surface area (Å²) in [6.45, 7) is 11.3. The molecule has 10 fully saturated rings. The van der Waals surface area contributed by atoms with Gasteiger partial charge in [-0.05, 0) is 81.1 Å². The molecule has 9 saturated heterocycles. The van der Waals surface area contributed by atoms with E-state index in [1.54, 1.807) is 7.11 Å². The summed E-state index contributed by atoms with van der Waals surface area (Å²) in [6, 6.07) is 0. The third kappa shape index (κ3) is 7.60. The maximum atomic E-state index is 14.2. The van der Waals surface area contributed by atoms with Crippen LogP contribution in [0.2, 0.25) is 0 Å². The number of rotatable bonds is 6. The van der Waals surface area contributed by atoms with Gasteiger partial charge in [-0.3, -0.25) is 9.59 Å². The van der Waals surface area contributed by atoms with Crippen molar-refractivity contribution in [1.29, 1.82) is 0 Å². The van der Waals surface area contributed by atoms with Crippen LogP contribution >= 0.6 is 0 Å². The molecule has 10 aliphatic rings. The van der Waals surface area contributed by atoms with Gasteiger partial charge in [-0.25, -0.2) is 0 Å². The van der Waals surface area contributed by atoms with Crippen LogP contribution in [0.15, 0.2) is 24.3 Å². The highest BCUT2D eigenvalue weighted by Crippen LogP contribution is 2.54. The first-order valence-corrected chi connectivity index (χ1v) is 21.7. The highest BCUT2D eigenvalue weighted by molar-refractivity contribution is 5.79. The lowest BCUT2D eigenvalue weighted by Crippen LogP contribution is -2.61. The summed E-state index contributed by atoms with van der Waals surface area (Å²) in [4.78, 5) is 26.0. The van der Waals surface area contributed by atoms with Crippen LogP contribution in [0.4, 0.5) is 0 Å².